The number of aromatic nitrogens is 3. The Balaban J connectivity index is 1.80. The monoisotopic (exact) mass is 304 g/mol. The van der Waals surface area contributed by atoms with Gasteiger partial charge >= 0.3 is 0 Å². The van der Waals surface area contributed by atoms with E-state index in [1.54, 1.807) is 12.1 Å². The Morgan fingerprint density at radius 1 is 0.850 bits per heavy atom. The number of benzene rings is 2. The van der Waals surface area contributed by atoms with Crippen molar-refractivity contribution in [1.29, 1.82) is 0 Å². The van der Waals surface area contributed by atoms with E-state index in [1.165, 1.54) is 0 Å². The Hall–Kier alpha value is -2.04. The first-order valence-corrected chi connectivity index (χ1v) is 6.67. The molecule has 3 rings (SSSR count). The van der Waals surface area contributed by atoms with Gasteiger partial charge < -0.3 is 5.32 Å². The minimum absolute atomic E-state index is 0.497. The second-order valence-electron chi connectivity index (χ2n) is 4.15. The number of hydrogen-bond donors (Lipinski definition) is 2. The molecule has 0 saturated carbocycles. The van der Waals surface area contributed by atoms with Gasteiger partial charge in [-0.05, 0) is 48.5 Å². The summed E-state index contributed by atoms with van der Waals surface area (Å²) in [6, 6.07) is 14.7. The minimum atomic E-state index is 0.497. The first-order chi connectivity index (χ1) is 9.70. The number of aromatic amines is 1. The molecule has 0 saturated heterocycles. The van der Waals surface area contributed by atoms with Gasteiger partial charge in [-0.3, -0.25) is 5.10 Å². The highest BCUT2D eigenvalue weighted by Gasteiger charge is 2.05. The van der Waals surface area contributed by atoms with Crippen molar-refractivity contribution in [3.8, 4) is 11.4 Å². The molecule has 20 heavy (non-hydrogen) atoms. The van der Waals surface area contributed by atoms with Crippen molar-refractivity contribution >= 4 is 34.8 Å². The van der Waals surface area contributed by atoms with Crippen molar-refractivity contribution in [2.75, 3.05) is 5.32 Å². The summed E-state index contributed by atoms with van der Waals surface area (Å²) >= 11 is 11.7. The number of nitrogens with zero attached hydrogens (tertiary/aromatic N) is 2. The summed E-state index contributed by atoms with van der Waals surface area (Å²) in [5.74, 6) is 1.18. The molecule has 0 unspecified atom stereocenters. The van der Waals surface area contributed by atoms with Crippen LogP contribution in [0, 0.1) is 0 Å². The molecule has 1 aromatic heterocycles. The van der Waals surface area contributed by atoms with Gasteiger partial charge in [-0.25, -0.2) is 0 Å². The highest BCUT2D eigenvalue weighted by atomic mass is 35.5. The lowest BCUT2D eigenvalue weighted by Gasteiger charge is -2.00. The first-order valence-electron chi connectivity index (χ1n) is 5.92. The number of rotatable bonds is 3. The zero-order chi connectivity index (χ0) is 13.9. The summed E-state index contributed by atoms with van der Waals surface area (Å²) in [5.41, 5.74) is 1.79. The fourth-order valence-corrected chi connectivity index (χ4v) is 1.97. The third-order valence-electron chi connectivity index (χ3n) is 2.70. The molecule has 0 fully saturated rings. The lowest BCUT2D eigenvalue weighted by molar-refractivity contribution is 1.10. The summed E-state index contributed by atoms with van der Waals surface area (Å²) in [6.45, 7) is 0. The van der Waals surface area contributed by atoms with E-state index in [4.69, 9.17) is 23.2 Å². The summed E-state index contributed by atoms with van der Waals surface area (Å²) in [6.07, 6.45) is 0. The van der Waals surface area contributed by atoms with E-state index in [9.17, 15) is 0 Å². The van der Waals surface area contributed by atoms with Gasteiger partial charge in [0.1, 0.15) is 0 Å². The van der Waals surface area contributed by atoms with Crippen LogP contribution in [0.25, 0.3) is 11.4 Å². The number of H-pyrrole nitrogens is 1. The Kier molecular flexibility index (Phi) is 3.58. The molecule has 0 aliphatic rings. The van der Waals surface area contributed by atoms with E-state index in [0.29, 0.717) is 21.8 Å². The van der Waals surface area contributed by atoms with Gasteiger partial charge in [-0.15, -0.1) is 5.10 Å². The van der Waals surface area contributed by atoms with E-state index in [2.05, 4.69) is 20.5 Å². The molecule has 3 aromatic rings. The molecule has 1 heterocycles. The summed E-state index contributed by atoms with van der Waals surface area (Å²) in [5, 5.41) is 11.5. The Labute approximate surface area is 125 Å². The van der Waals surface area contributed by atoms with Crippen LogP contribution in [-0.2, 0) is 0 Å². The van der Waals surface area contributed by atoms with E-state index < -0.39 is 0 Å². The predicted octanol–water partition coefficient (Wildman–Crippen LogP) is 4.52. The maximum absolute atomic E-state index is 5.86. The molecule has 0 atom stereocenters. The normalized spacial score (nSPS) is 10.5. The quantitative estimate of drug-likeness (QED) is 0.748. The maximum Gasteiger partial charge on any atom is 0.246 e. The van der Waals surface area contributed by atoms with E-state index in [-0.39, 0.29) is 0 Å². The molecule has 6 heteroatoms. The van der Waals surface area contributed by atoms with Crippen molar-refractivity contribution in [3.05, 3.63) is 58.6 Å². The predicted molar refractivity (Wildman–Crippen MR) is 81.6 cm³/mol. The van der Waals surface area contributed by atoms with Crippen LogP contribution in [0.15, 0.2) is 48.5 Å². The highest BCUT2D eigenvalue weighted by molar-refractivity contribution is 6.30. The Morgan fingerprint density at radius 3 is 2.10 bits per heavy atom. The van der Waals surface area contributed by atoms with Crippen LogP contribution in [0.4, 0.5) is 11.6 Å². The van der Waals surface area contributed by atoms with Gasteiger partial charge in [-0.2, -0.15) is 4.98 Å². The van der Waals surface area contributed by atoms with Gasteiger partial charge in [-0.1, -0.05) is 23.2 Å². The molecule has 4 nitrogen and oxygen atoms in total. The number of anilines is 2. The zero-order valence-corrected chi connectivity index (χ0v) is 11.8. The zero-order valence-electron chi connectivity index (χ0n) is 10.3. The smallest absolute Gasteiger partial charge is 0.246 e. The van der Waals surface area contributed by atoms with Crippen LogP contribution in [-0.4, -0.2) is 15.2 Å². The Bertz CT molecular complexity index is 705. The van der Waals surface area contributed by atoms with Crippen LogP contribution in [0.5, 0.6) is 0 Å². The van der Waals surface area contributed by atoms with E-state index >= 15 is 0 Å². The lowest BCUT2D eigenvalue weighted by atomic mass is 10.2. The van der Waals surface area contributed by atoms with E-state index in [1.807, 2.05) is 36.4 Å². The molecular formula is C14H10Cl2N4. The number of nitrogens with one attached hydrogen (secondary N) is 2. The molecule has 100 valence electrons. The second kappa shape index (κ2) is 5.53. The topological polar surface area (TPSA) is 53.6 Å². The average Bonchev–Trinajstić information content (AvgIpc) is 2.91. The maximum atomic E-state index is 5.86. The largest absolute Gasteiger partial charge is 0.323 e. The van der Waals surface area contributed by atoms with Crippen molar-refractivity contribution in [1.82, 2.24) is 15.2 Å². The highest BCUT2D eigenvalue weighted by Crippen LogP contribution is 2.21. The van der Waals surface area contributed by atoms with Gasteiger partial charge in [0.05, 0.1) is 0 Å². The van der Waals surface area contributed by atoms with Gasteiger partial charge in [0.25, 0.3) is 0 Å². The van der Waals surface area contributed by atoms with Crippen LogP contribution >= 0.6 is 23.2 Å². The summed E-state index contributed by atoms with van der Waals surface area (Å²) in [7, 11) is 0. The van der Waals surface area contributed by atoms with Crippen molar-refractivity contribution < 1.29 is 0 Å². The van der Waals surface area contributed by atoms with Crippen LogP contribution in [0.1, 0.15) is 0 Å². The average molecular weight is 305 g/mol. The molecular weight excluding hydrogens is 295 g/mol. The third-order valence-corrected chi connectivity index (χ3v) is 3.21. The van der Waals surface area contributed by atoms with E-state index in [0.717, 1.165) is 11.3 Å². The number of hydrogen-bond acceptors (Lipinski definition) is 3. The molecule has 0 aliphatic heterocycles. The van der Waals surface area contributed by atoms with Crippen molar-refractivity contribution in [2.45, 2.75) is 0 Å². The molecule has 0 aliphatic carbocycles. The third kappa shape index (κ3) is 2.92. The summed E-state index contributed by atoms with van der Waals surface area (Å²) in [4.78, 5) is 4.37. The van der Waals surface area contributed by atoms with Gasteiger partial charge in [0.2, 0.25) is 5.95 Å². The fraction of sp³-hybridized carbons (Fsp3) is 0. The first kappa shape index (κ1) is 13.0. The standard InChI is InChI=1S/C14H10Cl2N4/c15-10-3-1-9(2-4-10)13-18-14(20-19-13)17-12-7-5-11(16)6-8-12/h1-8H,(H2,17,18,19,20). The van der Waals surface area contributed by atoms with Gasteiger partial charge in [0.15, 0.2) is 5.82 Å². The fourth-order valence-electron chi connectivity index (χ4n) is 1.72. The molecule has 0 spiro atoms. The Morgan fingerprint density at radius 2 is 1.45 bits per heavy atom. The van der Waals surface area contributed by atoms with Crippen molar-refractivity contribution in [2.24, 2.45) is 0 Å². The molecule has 2 aromatic carbocycles. The molecule has 0 amide bonds. The van der Waals surface area contributed by atoms with Gasteiger partial charge in [0, 0.05) is 21.3 Å². The molecule has 2 N–H and O–H groups in total. The van der Waals surface area contributed by atoms with Crippen molar-refractivity contribution in [3.63, 3.8) is 0 Å². The number of halogens is 2. The molecule has 0 bridgehead atoms. The summed E-state index contributed by atoms with van der Waals surface area (Å²) < 4.78 is 0. The van der Waals surface area contributed by atoms with Crippen LogP contribution in [0.2, 0.25) is 10.0 Å². The second-order valence-corrected chi connectivity index (χ2v) is 5.02. The lowest BCUT2D eigenvalue weighted by Crippen LogP contribution is -1.91. The minimum Gasteiger partial charge on any atom is -0.323 e. The van der Waals surface area contributed by atoms with Crippen LogP contribution in [0.3, 0.4) is 0 Å². The molecule has 0 radical (unpaired) electrons. The van der Waals surface area contributed by atoms with Crippen LogP contribution < -0.4 is 5.32 Å². The SMILES string of the molecule is Clc1ccc(Nc2n[nH]c(-c3ccc(Cl)cc3)n2)cc1.